The fraction of sp³-hybridized carbons (Fsp3) is 0.417. The monoisotopic (exact) mass is 285 g/mol. The van der Waals surface area contributed by atoms with Crippen LogP contribution < -0.4 is 9.47 Å². The van der Waals surface area contributed by atoms with E-state index in [0.29, 0.717) is 0 Å². The Labute approximate surface area is 115 Å². The summed E-state index contributed by atoms with van der Waals surface area (Å²) in [6, 6.07) is 2.10. The Kier molecular flexibility index (Phi) is 5.27. The number of nitrogens with zero attached hydrogens (tertiary/aromatic N) is 1. The summed E-state index contributed by atoms with van der Waals surface area (Å²) in [5.41, 5.74) is -1.02. The van der Waals surface area contributed by atoms with Gasteiger partial charge >= 0.3 is 5.97 Å². The summed E-state index contributed by atoms with van der Waals surface area (Å²) in [5.74, 6) is -1.21. The molecule has 0 aliphatic rings. The highest BCUT2D eigenvalue weighted by Gasteiger charge is 2.24. The number of nitro benzene ring substituents is 1. The van der Waals surface area contributed by atoms with E-state index >= 15 is 0 Å². The first kappa shape index (κ1) is 15.7. The van der Waals surface area contributed by atoms with E-state index in [1.165, 1.54) is 14.2 Å². The van der Waals surface area contributed by atoms with Crippen molar-refractivity contribution in [2.24, 2.45) is 0 Å². The van der Waals surface area contributed by atoms with Crippen LogP contribution in [0.5, 0.6) is 11.5 Å². The second-order valence-electron chi connectivity index (χ2n) is 3.94. The van der Waals surface area contributed by atoms with E-state index in [9.17, 15) is 14.9 Å². The first-order valence-corrected chi connectivity index (χ1v) is 5.66. The SMILES string of the molecule is COc1cc(C(=O)O)c([N+](=O)[O-])cc1OCC(C)OC. The van der Waals surface area contributed by atoms with Gasteiger partial charge in [0.25, 0.3) is 5.69 Å². The molecule has 1 aromatic rings. The van der Waals surface area contributed by atoms with Gasteiger partial charge in [-0.1, -0.05) is 0 Å². The number of ether oxygens (including phenoxy) is 3. The van der Waals surface area contributed by atoms with Crippen LogP contribution in [0.2, 0.25) is 0 Å². The zero-order chi connectivity index (χ0) is 15.3. The molecule has 0 heterocycles. The van der Waals surface area contributed by atoms with Crippen LogP contribution in [-0.2, 0) is 4.74 Å². The number of hydrogen-bond donors (Lipinski definition) is 1. The van der Waals surface area contributed by atoms with Crippen LogP contribution in [0, 0.1) is 10.1 Å². The van der Waals surface area contributed by atoms with E-state index in [1.54, 1.807) is 6.92 Å². The molecule has 20 heavy (non-hydrogen) atoms. The molecule has 0 fully saturated rings. The molecule has 0 radical (unpaired) electrons. The summed E-state index contributed by atoms with van der Waals surface area (Å²) in [7, 11) is 2.82. The summed E-state index contributed by atoms with van der Waals surface area (Å²) in [4.78, 5) is 21.1. The predicted molar refractivity (Wildman–Crippen MR) is 68.6 cm³/mol. The minimum atomic E-state index is -1.41. The number of rotatable bonds is 7. The van der Waals surface area contributed by atoms with Gasteiger partial charge in [0.05, 0.1) is 24.2 Å². The van der Waals surface area contributed by atoms with Crippen molar-refractivity contribution in [3.63, 3.8) is 0 Å². The van der Waals surface area contributed by atoms with Crippen LogP contribution in [0.1, 0.15) is 17.3 Å². The van der Waals surface area contributed by atoms with E-state index < -0.39 is 22.1 Å². The van der Waals surface area contributed by atoms with Gasteiger partial charge in [-0.25, -0.2) is 4.79 Å². The van der Waals surface area contributed by atoms with Crippen LogP contribution in [0.3, 0.4) is 0 Å². The number of hydrogen-bond acceptors (Lipinski definition) is 6. The largest absolute Gasteiger partial charge is 0.493 e. The average molecular weight is 285 g/mol. The van der Waals surface area contributed by atoms with Gasteiger partial charge in [0.2, 0.25) is 0 Å². The molecule has 0 aliphatic heterocycles. The van der Waals surface area contributed by atoms with Crippen molar-refractivity contribution in [2.75, 3.05) is 20.8 Å². The first-order valence-electron chi connectivity index (χ1n) is 5.66. The van der Waals surface area contributed by atoms with E-state index in [1.807, 2.05) is 0 Å². The van der Waals surface area contributed by atoms with E-state index in [-0.39, 0.29) is 24.2 Å². The number of carboxylic acids is 1. The lowest BCUT2D eigenvalue weighted by molar-refractivity contribution is -0.385. The fourth-order valence-corrected chi connectivity index (χ4v) is 1.42. The molecule has 1 N–H and O–H groups in total. The number of carbonyl (C=O) groups is 1. The summed E-state index contributed by atoms with van der Waals surface area (Å²) in [5, 5.41) is 19.9. The highest BCUT2D eigenvalue weighted by atomic mass is 16.6. The van der Waals surface area contributed by atoms with Crippen molar-refractivity contribution in [1.29, 1.82) is 0 Å². The molecule has 1 unspecified atom stereocenters. The lowest BCUT2D eigenvalue weighted by atomic mass is 10.1. The van der Waals surface area contributed by atoms with Crippen molar-refractivity contribution in [3.05, 3.63) is 27.8 Å². The molecule has 0 aromatic heterocycles. The number of carboxylic acid groups (broad SMARTS) is 1. The summed E-state index contributed by atoms with van der Waals surface area (Å²) >= 11 is 0. The lowest BCUT2D eigenvalue weighted by Crippen LogP contribution is -2.16. The molecule has 8 nitrogen and oxygen atoms in total. The zero-order valence-electron chi connectivity index (χ0n) is 11.3. The summed E-state index contributed by atoms with van der Waals surface area (Å²) < 4.78 is 15.3. The second kappa shape index (κ2) is 6.71. The summed E-state index contributed by atoms with van der Waals surface area (Å²) in [6.07, 6.45) is -0.224. The molecule has 1 aromatic carbocycles. The van der Waals surface area contributed by atoms with Gasteiger partial charge in [-0.3, -0.25) is 10.1 Å². The fourth-order valence-electron chi connectivity index (χ4n) is 1.42. The Morgan fingerprint density at radius 3 is 2.50 bits per heavy atom. The maximum Gasteiger partial charge on any atom is 0.342 e. The van der Waals surface area contributed by atoms with Crippen molar-refractivity contribution in [3.8, 4) is 11.5 Å². The van der Waals surface area contributed by atoms with Gasteiger partial charge in [-0.2, -0.15) is 0 Å². The van der Waals surface area contributed by atoms with Crippen LogP contribution in [0.4, 0.5) is 5.69 Å². The third-order valence-corrected chi connectivity index (χ3v) is 2.58. The van der Waals surface area contributed by atoms with Gasteiger partial charge in [0, 0.05) is 13.2 Å². The van der Waals surface area contributed by atoms with Crippen molar-refractivity contribution < 1.29 is 29.0 Å². The van der Waals surface area contributed by atoms with Crippen LogP contribution >= 0.6 is 0 Å². The Morgan fingerprint density at radius 1 is 1.40 bits per heavy atom. The highest BCUT2D eigenvalue weighted by molar-refractivity contribution is 5.93. The van der Waals surface area contributed by atoms with E-state index in [4.69, 9.17) is 19.3 Å². The first-order chi connectivity index (χ1) is 9.40. The number of aromatic carboxylic acids is 1. The molecule has 0 saturated heterocycles. The molecule has 0 amide bonds. The maximum absolute atomic E-state index is 11.0. The molecule has 0 spiro atoms. The average Bonchev–Trinajstić information content (AvgIpc) is 2.43. The Bertz CT molecular complexity index is 515. The summed E-state index contributed by atoms with van der Waals surface area (Å²) in [6.45, 7) is 1.91. The van der Waals surface area contributed by atoms with Gasteiger partial charge in [0.15, 0.2) is 11.5 Å². The van der Waals surface area contributed by atoms with Crippen LogP contribution in [0.25, 0.3) is 0 Å². The quantitative estimate of drug-likeness (QED) is 0.600. The van der Waals surface area contributed by atoms with Gasteiger partial charge < -0.3 is 19.3 Å². The predicted octanol–water partition coefficient (Wildman–Crippen LogP) is 1.72. The van der Waals surface area contributed by atoms with Crippen molar-refractivity contribution >= 4 is 11.7 Å². The van der Waals surface area contributed by atoms with Crippen LogP contribution in [0.15, 0.2) is 12.1 Å². The molecule has 0 saturated carbocycles. The smallest absolute Gasteiger partial charge is 0.342 e. The van der Waals surface area contributed by atoms with E-state index in [2.05, 4.69) is 0 Å². The molecule has 0 bridgehead atoms. The second-order valence-corrected chi connectivity index (χ2v) is 3.94. The molecular formula is C12H15NO7. The van der Waals surface area contributed by atoms with Gasteiger partial charge in [-0.05, 0) is 6.92 Å². The normalized spacial score (nSPS) is 11.8. The molecule has 1 rings (SSSR count). The molecule has 1 atom stereocenters. The minimum Gasteiger partial charge on any atom is -0.493 e. The third-order valence-electron chi connectivity index (χ3n) is 2.58. The van der Waals surface area contributed by atoms with Gasteiger partial charge in [0.1, 0.15) is 12.2 Å². The standard InChI is InChI=1S/C12H15NO7/c1-7(18-2)6-20-11-5-9(13(16)17)8(12(14)15)4-10(11)19-3/h4-5,7H,6H2,1-3H3,(H,14,15). The minimum absolute atomic E-state index is 0.0908. The van der Waals surface area contributed by atoms with Crippen LogP contribution in [-0.4, -0.2) is 42.9 Å². The topological polar surface area (TPSA) is 108 Å². The Hall–Kier alpha value is -2.35. The van der Waals surface area contributed by atoms with Crippen molar-refractivity contribution in [2.45, 2.75) is 13.0 Å². The Morgan fingerprint density at radius 2 is 2.05 bits per heavy atom. The Balaban J connectivity index is 3.19. The number of nitro groups is 1. The number of benzene rings is 1. The molecule has 110 valence electrons. The van der Waals surface area contributed by atoms with E-state index in [0.717, 1.165) is 12.1 Å². The lowest BCUT2D eigenvalue weighted by Gasteiger charge is -2.14. The number of methoxy groups -OCH3 is 2. The molecule has 0 aliphatic carbocycles. The van der Waals surface area contributed by atoms with Crippen molar-refractivity contribution in [1.82, 2.24) is 0 Å². The molecule has 8 heteroatoms. The highest BCUT2D eigenvalue weighted by Crippen LogP contribution is 2.34. The van der Waals surface area contributed by atoms with Gasteiger partial charge in [-0.15, -0.1) is 0 Å². The third kappa shape index (κ3) is 3.58. The zero-order valence-corrected chi connectivity index (χ0v) is 11.3. The molecular weight excluding hydrogens is 270 g/mol. The maximum atomic E-state index is 11.0.